The van der Waals surface area contributed by atoms with Gasteiger partial charge in [0, 0.05) is 6.54 Å². The molecular formula is C17H21F6NO4. The molecule has 0 N–H and O–H groups in total. The Morgan fingerprint density at radius 1 is 0.964 bits per heavy atom. The van der Waals surface area contributed by atoms with Gasteiger partial charge in [-0.3, -0.25) is 0 Å². The number of likely N-dealkylation sites (N-methyl/N-ethyl adjacent to an activating group) is 1. The minimum Gasteiger partial charge on any atom is -0.484 e. The zero-order valence-electron chi connectivity index (χ0n) is 15.3. The normalized spacial score (nSPS) is 12.2. The first-order valence-electron chi connectivity index (χ1n) is 8.37. The lowest BCUT2D eigenvalue weighted by molar-refractivity contribution is -0.154. The quantitative estimate of drug-likeness (QED) is 0.424. The van der Waals surface area contributed by atoms with Crippen molar-refractivity contribution in [2.45, 2.75) is 26.2 Å². The summed E-state index contributed by atoms with van der Waals surface area (Å²) in [5.74, 6) is -1.85. The lowest BCUT2D eigenvalue weighted by Gasteiger charge is -2.18. The molecule has 5 nitrogen and oxygen atoms in total. The number of hydrogen-bond acceptors (Lipinski definition) is 5. The topological polar surface area (TPSA) is 48.0 Å². The molecular weight excluding hydrogens is 396 g/mol. The van der Waals surface area contributed by atoms with E-state index in [0.29, 0.717) is 19.6 Å². The predicted molar refractivity (Wildman–Crippen MR) is 87.6 cm³/mol. The summed E-state index contributed by atoms with van der Waals surface area (Å²) in [6.07, 6.45) is -9.27. The van der Waals surface area contributed by atoms with Crippen molar-refractivity contribution in [1.82, 2.24) is 4.90 Å². The molecule has 0 amide bonds. The molecule has 0 aliphatic rings. The average Bonchev–Trinajstić information content (AvgIpc) is 2.60. The van der Waals surface area contributed by atoms with Crippen LogP contribution in [0.25, 0.3) is 0 Å². The maximum absolute atomic E-state index is 12.4. The molecule has 0 aliphatic heterocycles. The predicted octanol–water partition coefficient (Wildman–Crippen LogP) is 4.07. The van der Waals surface area contributed by atoms with Gasteiger partial charge in [-0.05, 0) is 31.3 Å². The molecule has 0 fully saturated rings. The van der Waals surface area contributed by atoms with Crippen molar-refractivity contribution in [1.29, 1.82) is 0 Å². The summed E-state index contributed by atoms with van der Waals surface area (Å²) in [6.45, 7) is 2.26. The van der Waals surface area contributed by atoms with Gasteiger partial charge in [0.05, 0.1) is 0 Å². The van der Waals surface area contributed by atoms with Crippen LogP contribution < -0.4 is 9.47 Å². The van der Waals surface area contributed by atoms with Gasteiger partial charge in [0.25, 0.3) is 0 Å². The van der Waals surface area contributed by atoms with Crippen molar-refractivity contribution in [2.24, 2.45) is 0 Å². The highest BCUT2D eigenvalue weighted by molar-refractivity contribution is 5.93. The smallest absolute Gasteiger partial charge is 0.422 e. The van der Waals surface area contributed by atoms with Crippen molar-refractivity contribution in [3.8, 4) is 11.5 Å². The van der Waals surface area contributed by atoms with Crippen LogP contribution in [0.1, 0.15) is 24.2 Å². The Bertz CT molecular complexity index is 629. The summed E-state index contributed by atoms with van der Waals surface area (Å²) >= 11 is 0. The monoisotopic (exact) mass is 417 g/mol. The van der Waals surface area contributed by atoms with Crippen LogP contribution in [0.3, 0.4) is 0 Å². The van der Waals surface area contributed by atoms with Gasteiger partial charge < -0.3 is 19.1 Å². The largest absolute Gasteiger partial charge is 0.484 e. The molecule has 0 heterocycles. The third-order valence-corrected chi connectivity index (χ3v) is 3.50. The number of carbonyl (C=O) groups is 1. The first-order valence-corrected chi connectivity index (χ1v) is 8.37. The van der Waals surface area contributed by atoms with Crippen LogP contribution in [0.15, 0.2) is 18.2 Å². The second kappa shape index (κ2) is 10.4. The third kappa shape index (κ3) is 9.16. The SMILES string of the molecule is CCN(CC)CCOC(=O)c1cc(OCC(F)(F)F)ccc1OCC(F)(F)F. The summed E-state index contributed by atoms with van der Waals surface area (Å²) in [5, 5.41) is 0. The van der Waals surface area contributed by atoms with Crippen molar-refractivity contribution >= 4 is 5.97 Å². The fourth-order valence-electron chi connectivity index (χ4n) is 2.09. The molecule has 0 aromatic heterocycles. The number of hydrogen-bond donors (Lipinski definition) is 0. The number of nitrogens with zero attached hydrogens (tertiary/aromatic N) is 1. The van der Waals surface area contributed by atoms with E-state index in [2.05, 4.69) is 9.47 Å². The molecule has 0 saturated carbocycles. The highest BCUT2D eigenvalue weighted by atomic mass is 19.4. The summed E-state index contributed by atoms with van der Waals surface area (Å²) in [7, 11) is 0. The van der Waals surface area contributed by atoms with Gasteiger partial charge in [0.1, 0.15) is 23.7 Å². The van der Waals surface area contributed by atoms with E-state index in [1.807, 2.05) is 18.7 Å². The molecule has 11 heteroatoms. The number of halogens is 6. The standard InChI is InChI=1S/C17H21F6NO4/c1-3-24(4-2)7-8-26-15(25)13-9-12(27-10-16(18,19)20)5-6-14(13)28-11-17(21,22)23/h5-6,9H,3-4,7-8,10-11H2,1-2H3. The van der Waals surface area contributed by atoms with Crippen molar-refractivity contribution in [2.75, 3.05) is 39.5 Å². The number of esters is 1. The minimum atomic E-state index is -4.66. The Morgan fingerprint density at radius 3 is 2.07 bits per heavy atom. The molecule has 0 atom stereocenters. The molecule has 0 aliphatic carbocycles. The maximum atomic E-state index is 12.4. The number of carbonyl (C=O) groups excluding carboxylic acids is 1. The van der Waals surface area contributed by atoms with E-state index in [0.717, 1.165) is 18.2 Å². The van der Waals surface area contributed by atoms with Crippen LogP contribution in [0, 0.1) is 0 Å². The van der Waals surface area contributed by atoms with E-state index in [1.54, 1.807) is 0 Å². The lowest BCUT2D eigenvalue weighted by atomic mass is 10.2. The molecule has 0 bridgehead atoms. The molecule has 0 radical (unpaired) electrons. The first kappa shape index (κ1) is 23.9. The zero-order valence-corrected chi connectivity index (χ0v) is 15.3. The molecule has 28 heavy (non-hydrogen) atoms. The van der Waals surface area contributed by atoms with Gasteiger partial charge in [0.2, 0.25) is 0 Å². The van der Waals surface area contributed by atoms with Crippen molar-refractivity contribution in [3.05, 3.63) is 23.8 Å². The summed E-state index contributed by atoms with van der Waals surface area (Å²) in [5.41, 5.74) is -0.455. The number of rotatable bonds is 10. The van der Waals surface area contributed by atoms with Crippen LogP contribution >= 0.6 is 0 Å². The lowest BCUT2D eigenvalue weighted by Crippen LogP contribution is -2.28. The van der Waals surface area contributed by atoms with E-state index < -0.39 is 42.8 Å². The Hall–Kier alpha value is -2.17. The van der Waals surface area contributed by atoms with Crippen LogP contribution in [-0.4, -0.2) is 62.7 Å². The van der Waals surface area contributed by atoms with Crippen LogP contribution in [0.2, 0.25) is 0 Å². The van der Waals surface area contributed by atoms with Crippen LogP contribution in [0.4, 0.5) is 26.3 Å². The molecule has 0 saturated heterocycles. The Kier molecular flexibility index (Phi) is 8.86. The first-order chi connectivity index (χ1) is 12.9. The van der Waals surface area contributed by atoms with Gasteiger partial charge >= 0.3 is 18.3 Å². The fourth-order valence-corrected chi connectivity index (χ4v) is 2.09. The minimum absolute atomic E-state index is 0.0487. The second-order valence-electron chi connectivity index (χ2n) is 5.63. The van der Waals surface area contributed by atoms with E-state index in [1.165, 1.54) is 0 Å². The molecule has 1 aromatic carbocycles. The molecule has 0 spiro atoms. The highest BCUT2D eigenvalue weighted by Gasteiger charge is 2.30. The van der Waals surface area contributed by atoms with E-state index >= 15 is 0 Å². The summed E-state index contributed by atoms with van der Waals surface area (Å²) < 4.78 is 88.1. The molecule has 160 valence electrons. The molecule has 0 unspecified atom stereocenters. The highest BCUT2D eigenvalue weighted by Crippen LogP contribution is 2.28. The van der Waals surface area contributed by atoms with Gasteiger partial charge in [-0.2, -0.15) is 26.3 Å². The number of alkyl halides is 6. The zero-order chi connectivity index (χ0) is 21.4. The number of benzene rings is 1. The average molecular weight is 417 g/mol. The Morgan fingerprint density at radius 2 is 1.54 bits per heavy atom. The van der Waals surface area contributed by atoms with Crippen LogP contribution in [-0.2, 0) is 4.74 Å². The van der Waals surface area contributed by atoms with Gasteiger partial charge in [-0.1, -0.05) is 13.8 Å². The van der Waals surface area contributed by atoms with Crippen molar-refractivity contribution < 1.29 is 45.3 Å². The van der Waals surface area contributed by atoms with E-state index in [-0.39, 0.29) is 12.4 Å². The summed E-state index contributed by atoms with van der Waals surface area (Å²) in [4.78, 5) is 14.2. The van der Waals surface area contributed by atoms with Crippen molar-refractivity contribution in [3.63, 3.8) is 0 Å². The van der Waals surface area contributed by atoms with Gasteiger partial charge in [-0.15, -0.1) is 0 Å². The number of ether oxygens (including phenoxy) is 3. The van der Waals surface area contributed by atoms with E-state index in [4.69, 9.17) is 4.74 Å². The van der Waals surface area contributed by atoms with Crippen LogP contribution in [0.5, 0.6) is 11.5 Å². The molecule has 1 aromatic rings. The Labute approximate surface area is 158 Å². The van der Waals surface area contributed by atoms with E-state index in [9.17, 15) is 31.1 Å². The van der Waals surface area contributed by atoms with Gasteiger partial charge in [0.15, 0.2) is 13.2 Å². The Balaban J connectivity index is 2.92. The maximum Gasteiger partial charge on any atom is 0.422 e. The van der Waals surface area contributed by atoms with Gasteiger partial charge in [-0.25, -0.2) is 4.79 Å². The second-order valence-corrected chi connectivity index (χ2v) is 5.63. The fraction of sp³-hybridized carbons (Fsp3) is 0.588. The third-order valence-electron chi connectivity index (χ3n) is 3.50. The molecule has 1 rings (SSSR count). The summed E-state index contributed by atoms with van der Waals surface area (Å²) in [6, 6.07) is 2.76.